The molecule has 0 amide bonds. The minimum absolute atomic E-state index is 0. The first-order valence-electron chi connectivity index (χ1n) is 2.67. The zero-order valence-corrected chi connectivity index (χ0v) is 6.95. The summed E-state index contributed by atoms with van der Waals surface area (Å²) in [6.45, 7) is 4.00. The van der Waals surface area contributed by atoms with Crippen molar-refractivity contribution in [2.75, 3.05) is 0 Å². The van der Waals surface area contributed by atoms with Gasteiger partial charge in [0, 0.05) is 21.7 Å². The Bertz CT molecular complexity index is 60.9. The zero-order chi connectivity index (χ0) is 5.54. The van der Waals surface area contributed by atoms with Gasteiger partial charge in [-0.05, 0) is 0 Å². The first-order chi connectivity index (χ1) is 3.50. The molecular formula is C7H11Ti-. The summed E-state index contributed by atoms with van der Waals surface area (Å²) >= 11 is 0. The van der Waals surface area contributed by atoms with Crippen molar-refractivity contribution < 1.29 is 21.7 Å². The first-order valence-corrected chi connectivity index (χ1v) is 2.67. The van der Waals surface area contributed by atoms with Gasteiger partial charge in [0.05, 0.1) is 0 Å². The molecule has 1 aromatic rings. The Labute approximate surface area is 66.2 Å². The van der Waals surface area contributed by atoms with E-state index in [4.69, 9.17) is 0 Å². The Morgan fingerprint density at radius 3 is 1.50 bits per heavy atom. The Morgan fingerprint density at radius 1 is 1.00 bits per heavy atom. The number of hydrogen-bond acceptors (Lipinski definition) is 0. The molecule has 0 atom stereocenters. The minimum Gasteiger partial charge on any atom is -0.214 e. The SMILES string of the molecule is CC.[Ti].c1cc[cH-]c1. The van der Waals surface area contributed by atoms with Gasteiger partial charge in [-0.2, -0.15) is 18.2 Å². The van der Waals surface area contributed by atoms with Gasteiger partial charge in [0.2, 0.25) is 0 Å². The second-order valence-corrected chi connectivity index (χ2v) is 0.962. The smallest absolute Gasteiger partial charge is 0 e. The summed E-state index contributed by atoms with van der Waals surface area (Å²) in [6.07, 6.45) is 0. The molecule has 0 aliphatic heterocycles. The Kier molecular flexibility index (Phi) is 13.9. The summed E-state index contributed by atoms with van der Waals surface area (Å²) in [4.78, 5) is 0. The number of rotatable bonds is 0. The second kappa shape index (κ2) is 10.1. The van der Waals surface area contributed by atoms with Gasteiger partial charge in [0.25, 0.3) is 0 Å². The maximum absolute atomic E-state index is 2.00. The van der Waals surface area contributed by atoms with Crippen molar-refractivity contribution in [2.45, 2.75) is 13.8 Å². The molecule has 0 nitrogen and oxygen atoms in total. The fourth-order valence-electron chi connectivity index (χ4n) is 0.321. The summed E-state index contributed by atoms with van der Waals surface area (Å²) < 4.78 is 0. The predicted octanol–water partition coefficient (Wildman–Crippen LogP) is 2.43. The van der Waals surface area contributed by atoms with Gasteiger partial charge in [-0.25, -0.2) is 12.1 Å². The molecule has 0 saturated carbocycles. The monoisotopic (exact) mass is 143 g/mol. The Balaban J connectivity index is 0. The average molecular weight is 143 g/mol. The maximum atomic E-state index is 2.00. The molecule has 44 valence electrons. The molecule has 1 heteroatoms. The van der Waals surface area contributed by atoms with Crippen LogP contribution in [0.25, 0.3) is 0 Å². The van der Waals surface area contributed by atoms with Crippen LogP contribution in [0.5, 0.6) is 0 Å². The van der Waals surface area contributed by atoms with E-state index in [1.165, 1.54) is 0 Å². The van der Waals surface area contributed by atoms with Crippen molar-refractivity contribution in [3.05, 3.63) is 30.3 Å². The molecule has 0 fully saturated rings. The van der Waals surface area contributed by atoms with E-state index in [0.29, 0.717) is 0 Å². The van der Waals surface area contributed by atoms with Crippen LogP contribution >= 0.6 is 0 Å². The largest absolute Gasteiger partial charge is 0.214 e. The van der Waals surface area contributed by atoms with E-state index in [9.17, 15) is 0 Å². The van der Waals surface area contributed by atoms with E-state index in [1.807, 2.05) is 44.2 Å². The summed E-state index contributed by atoms with van der Waals surface area (Å²) in [6, 6.07) is 10.0. The van der Waals surface area contributed by atoms with Crippen molar-refractivity contribution in [3.8, 4) is 0 Å². The van der Waals surface area contributed by atoms with Crippen LogP contribution < -0.4 is 0 Å². The van der Waals surface area contributed by atoms with Crippen LogP contribution in [0.1, 0.15) is 13.8 Å². The Hall–Kier alpha value is 0.0643. The van der Waals surface area contributed by atoms with Crippen LogP contribution in [0, 0.1) is 0 Å². The van der Waals surface area contributed by atoms with Gasteiger partial charge in [-0.3, -0.25) is 0 Å². The van der Waals surface area contributed by atoms with Crippen LogP contribution in [0.4, 0.5) is 0 Å². The Morgan fingerprint density at radius 2 is 1.38 bits per heavy atom. The van der Waals surface area contributed by atoms with Gasteiger partial charge in [0.15, 0.2) is 0 Å². The predicted molar refractivity (Wildman–Crippen MR) is 33.4 cm³/mol. The van der Waals surface area contributed by atoms with Crippen LogP contribution in [0.15, 0.2) is 30.3 Å². The molecule has 0 radical (unpaired) electrons. The van der Waals surface area contributed by atoms with Crippen molar-refractivity contribution in [1.82, 2.24) is 0 Å². The molecule has 0 bridgehead atoms. The molecular weight excluding hydrogens is 132 g/mol. The quantitative estimate of drug-likeness (QED) is 0.386. The van der Waals surface area contributed by atoms with E-state index < -0.39 is 0 Å². The van der Waals surface area contributed by atoms with Crippen molar-refractivity contribution >= 4 is 0 Å². The molecule has 8 heavy (non-hydrogen) atoms. The third-order valence-electron chi connectivity index (χ3n) is 0.556. The summed E-state index contributed by atoms with van der Waals surface area (Å²) in [5, 5.41) is 0. The molecule has 0 unspecified atom stereocenters. The van der Waals surface area contributed by atoms with Gasteiger partial charge >= 0.3 is 0 Å². The molecule has 0 aromatic heterocycles. The average Bonchev–Trinajstić information content (AvgIpc) is 2.23. The summed E-state index contributed by atoms with van der Waals surface area (Å²) in [7, 11) is 0. The standard InChI is InChI=1S/C5H5.C2H6.Ti/c1-2-4-5-3-1;1-2;/h1-5H;1-2H3;/q-1;;. The van der Waals surface area contributed by atoms with Crippen LogP contribution in [-0.4, -0.2) is 0 Å². The summed E-state index contributed by atoms with van der Waals surface area (Å²) in [5.41, 5.74) is 0. The molecule has 1 rings (SSSR count). The number of hydrogen-bond donors (Lipinski definition) is 0. The van der Waals surface area contributed by atoms with E-state index >= 15 is 0 Å². The third kappa shape index (κ3) is 6.06. The third-order valence-corrected chi connectivity index (χ3v) is 0.556. The molecule has 0 N–H and O–H groups in total. The summed E-state index contributed by atoms with van der Waals surface area (Å²) in [5.74, 6) is 0. The fraction of sp³-hybridized carbons (Fsp3) is 0.286. The first kappa shape index (κ1) is 10.9. The van der Waals surface area contributed by atoms with E-state index in [-0.39, 0.29) is 21.7 Å². The van der Waals surface area contributed by atoms with Crippen LogP contribution in [-0.2, 0) is 21.7 Å². The second-order valence-electron chi connectivity index (χ2n) is 0.962. The molecule has 0 heterocycles. The fourth-order valence-corrected chi connectivity index (χ4v) is 0.321. The molecule has 1 aromatic carbocycles. The molecule has 0 aliphatic rings. The zero-order valence-electron chi connectivity index (χ0n) is 5.39. The minimum atomic E-state index is 0. The molecule has 0 saturated heterocycles. The molecule has 0 spiro atoms. The van der Waals surface area contributed by atoms with E-state index in [2.05, 4.69) is 0 Å². The van der Waals surface area contributed by atoms with Crippen molar-refractivity contribution in [2.24, 2.45) is 0 Å². The van der Waals surface area contributed by atoms with Crippen molar-refractivity contribution in [3.63, 3.8) is 0 Å². The van der Waals surface area contributed by atoms with Gasteiger partial charge in [-0.1, -0.05) is 13.8 Å². The van der Waals surface area contributed by atoms with Crippen LogP contribution in [0.2, 0.25) is 0 Å². The van der Waals surface area contributed by atoms with Gasteiger partial charge in [-0.15, -0.1) is 0 Å². The van der Waals surface area contributed by atoms with E-state index in [1.54, 1.807) is 0 Å². The van der Waals surface area contributed by atoms with Gasteiger partial charge < -0.3 is 0 Å². The van der Waals surface area contributed by atoms with Gasteiger partial charge in [0.1, 0.15) is 0 Å². The maximum Gasteiger partial charge on any atom is 0 e. The topological polar surface area (TPSA) is 0 Å². The van der Waals surface area contributed by atoms with E-state index in [0.717, 1.165) is 0 Å². The normalized spacial score (nSPS) is 5.75. The van der Waals surface area contributed by atoms with Crippen LogP contribution in [0.3, 0.4) is 0 Å². The van der Waals surface area contributed by atoms with Crippen molar-refractivity contribution in [1.29, 1.82) is 0 Å². The molecule has 0 aliphatic carbocycles.